The summed E-state index contributed by atoms with van der Waals surface area (Å²) in [4.78, 5) is 25.5. The first-order valence-electron chi connectivity index (χ1n) is 16.5. The number of aromatic nitrogens is 1. The van der Waals surface area contributed by atoms with Gasteiger partial charge in [0, 0.05) is 91.2 Å². The van der Waals surface area contributed by atoms with Gasteiger partial charge in [0.05, 0.1) is 17.2 Å². The Bertz CT molecular complexity index is 1660. The highest BCUT2D eigenvalue weighted by Gasteiger charge is 2.55. The minimum absolute atomic E-state index is 0.0911. The predicted molar refractivity (Wildman–Crippen MR) is 171 cm³/mol. The summed E-state index contributed by atoms with van der Waals surface area (Å²) in [6, 6.07) is 13.5. The number of nitrogens with one attached hydrogen (secondary N) is 1. The maximum absolute atomic E-state index is 14.0. The fraction of sp³-hybridized carbons (Fsp3) is 0.556. The number of ketones is 1. The number of aryl methyl sites for hydroxylation is 1. The van der Waals surface area contributed by atoms with Gasteiger partial charge in [0.1, 0.15) is 0 Å². The Morgan fingerprint density at radius 2 is 1.86 bits per heavy atom. The second-order valence-corrected chi connectivity index (χ2v) is 14.8. The molecule has 2 saturated heterocycles. The zero-order valence-electron chi connectivity index (χ0n) is 25.9. The summed E-state index contributed by atoms with van der Waals surface area (Å²) in [5, 5.41) is 10.3. The van der Waals surface area contributed by atoms with Crippen molar-refractivity contribution in [2.24, 2.45) is 17.1 Å². The summed E-state index contributed by atoms with van der Waals surface area (Å²) in [7, 11) is 0. The van der Waals surface area contributed by atoms with Crippen molar-refractivity contribution in [2.45, 2.75) is 70.4 Å². The van der Waals surface area contributed by atoms with E-state index < -0.39 is 0 Å². The molecule has 1 aromatic heterocycles. The molecular weight excluding hydrogens is 532 g/mol. The van der Waals surface area contributed by atoms with Crippen LogP contribution in [0, 0.1) is 22.7 Å². The van der Waals surface area contributed by atoms with Crippen LogP contribution in [0.2, 0.25) is 0 Å². The molecule has 2 aliphatic heterocycles. The Kier molecular flexibility index (Phi) is 6.15. The number of anilines is 1. The summed E-state index contributed by atoms with van der Waals surface area (Å²) < 4.78 is 0. The van der Waals surface area contributed by atoms with Gasteiger partial charge in [0.15, 0.2) is 5.78 Å². The van der Waals surface area contributed by atoms with Crippen LogP contribution in [-0.2, 0) is 11.8 Å². The van der Waals surface area contributed by atoms with Crippen molar-refractivity contribution in [2.75, 3.05) is 50.7 Å². The third-order valence-corrected chi connectivity index (χ3v) is 11.9. The normalized spacial score (nSPS) is 27.7. The predicted octanol–water partition coefficient (Wildman–Crippen LogP) is 4.80. The Morgan fingerprint density at radius 1 is 1.09 bits per heavy atom. The first-order valence-corrected chi connectivity index (χ1v) is 16.5. The van der Waals surface area contributed by atoms with Crippen molar-refractivity contribution in [1.29, 1.82) is 5.26 Å². The Labute approximate surface area is 255 Å². The molecule has 0 radical (unpaired) electrons. The molecule has 3 heterocycles. The lowest BCUT2D eigenvalue weighted by molar-refractivity contribution is 0.0662. The number of piperazine rings is 1. The van der Waals surface area contributed by atoms with Gasteiger partial charge in [-0.05, 0) is 78.8 Å². The summed E-state index contributed by atoms with van der Waals surface area (Å²) >= 11 is 0. The minimum atomic E-state index is -0.355. The van der Waals surface area contributed by atoms with Crippen LogP contribution in [-0.4, -0.2) is 78.5 Å². The summed E-state index contributed by atoms with van der Waals surface area (Å²) in [6.45, 7) is 14.4. The second-order valence-electron chi connectivity index (χ2n) is 14.8. The highest BCUT2D eigenvalue weighted by molar-refractivity contribution is 6.20. The molecule has 3 aliphatic carbocycles. The number of nitriles is 1. The lowest BCUT2D eigenvalue weighted by Gasteiger charge is -2.45. The fourth-order valence-corrected chi connectivity index (χ4v) is 8.84. The van der Waals surface area contributed by atoms with E-state index in [2.05, 4.69) is 58.7 Å². The molecule has 7 nitrogen and oxygen atoms in total. The van der Waals surface area contributed by atoms with E-state index in [9.17, 15) is 10.1 Å². The zero-order valence-corrected chi connectivity index (χ0v) is 25.9. The van der Waals surface area contributed by atoms with Gasteiger partial charge in [-0.25, -0.2) is 0 Å². The SMILES string of the molecule is CCc1cc2c(cc1N1CCN(CC3CC(N4C[C@H](N)C5(CC5)C4)C3)CC1)C(C)(C)c1[nH]c3cc(C#N)ccc3c1C2=O. The molecule has 2 saturated carbocycles. The van der Waals surface area contributed by atoms with Gasteiger partial charge in [-0.2, -0.15) is 5.26 Å². The van der Waals surface area contributed by atoms with E-state index in [4.69, 9.17) is 5.73 Å². The van der Waals surface area contributed by atoms with Crippen molar-refractivity contribution < 1.29 is 4.79 Å². The van der Waals surface area contributed by atoms with Crippen LogP contribution in [0.25, 0.3) is 10.9 Å². The molecule has 0 bridgehead atoms. The quantitative estimate of drug-likeness (QED) is 0.454. The van der Waals surface area contributed by atoms with Gasteiger partial charge in [0.25, 0.3) is 0 Å². The Morgan fingerprint density at radius 3 is 2.53 bits per heavy atom. The van der Waals surface area contributed by atoms with E-state index in [0.29, 0.717) is 17.0 Å². The van der Waals surface area contributed by atoms with Crippen molar-refractivity contribution in [3.05, 3.63) is 63.8 Å². The molecule has 5 aliphatic rings. The molecule has 1 spiro atoms. The summed E-state index contributed by atoms with van der Waals surface area (Å²) in [5.41, 5.74) is 14.2. The summed E-state index contributed by atoms with van der Waals surface area (Å²) in [5.74, 6) is 0.911. The van der Waals surface area contributed by atoms with Gasteiger partial charge in [-0.1, -0.05) is 26.8 Å². The number of aromatic amines is 1. The van der Waals surface area contributed by atoms with E-state index in [1.54, 1.807) is 0 Å². The van der Waals surface area contributed by atoms with E-state index in [0.717, 1.165) is 84.4 Å². The Balaban J connectivity index is 0.972. The van der Waals surface area contributed by atoms with Gasteiger partial charge >= 0.3 is 0 Å². The molecule has 1 atom stereocenters. The highest BCUT2D eigenvalue weighted by Crippen LogP contribution is 2.53. The van der Waals surface area contributed by atoms with E-state index in [-0.39, 0.29) is 11.2 Å². The van der Waals surface area contributed by atoms with Crippen LogP contribution in [0.1, 0.15) is 84.8 Å². The maximum Gasteiger partial charge on any atom is 0.195 e. The molecule has 0 unspecified atom stereocenters. The van der Waals surface area contributed by atoms with E-state index in [1.807, 2.05) is 18.2 Å². The smallest absolute Gasteiger partial charge is 0.195 e. The first kappa shape index (κ1) is 27.4. The number of fused-ring (bicyclic) bond motifs is 4. The number of benzene rings is 2. The van der Waals surface area contributed by atoms with Crippen LogP contribution in [0.3, 0.4) is 0 Å². The number of carbonyl (C=O) groups excluding carboxylic acids is 1. The van der Waals surface area contributed by atoms with Crippen molar-refractivity contribution in [3.63, 3.8) is 0 Å². The lowest BCUT2D eigenvalue weighted by Crippen LogP contribution is -2.52. The molecule has 7 heteroatoms. The van der Waals surface area contributed by atoms with E-state index in [1.165, 1.54) is 50.0 Å². The van der Waals surface area contributed by atoms with Crippen molar-refractivity contribution in [3.8, 4) is 6.07 Å². The molecule has 2 aromatic carbocycles. The average Bonchev–Trinajstić information content (AvgIpc) is 3.56. The van der Waals surface area contributed by atoms with Crippen LogP contribution < -0.4 is 10.6 Å². The standard InChI is InChI=1S/C36H44N6O/c1-4-24-16-27-28(35(2,3)34-32(33(27)43)26-6-5-22(18-37)15-29(26)39-34)17-30(24)41-11-9-40(10-12-41)19-23-13-25(14-23)42-20-31(38)36(21-42)7-8-36/h5-6,15-17,23,25,31,39H,4,7-14,19-21,38H2,1-3H3/t23?,25?,31-/m0/s1. The van der Waals surface area contributed by atoms with Gasteiger partial charge in [0.2, 0.25) is 0 Å². The Hall–Kier alpha value is -3.18. The summed E-state index contributed by atoms with van der Waals surface area (Å²) in [6.07, 6.45) is 6.26. The van der Waals surface area contributed by atoms with E-state index >= 15 is 0 Å². The molecule has 8 rings (SSSR count). The zero-order chi connectivity index (χ0) is 29.7. The van der Waals surface area contributed by atoms with Gasteiger partial charge < -0.3 is 15.6 Å². The first-order chi connectivity index (χ1) is 20.7. The maximum atomic E-state index is 14.0. The van der Waals surface area contributed by atoms with Gasteiger partial charge in [-0.3, -0.25) is 14.6 Å². The van der Waals surface area contributed by atoms with Crippen LogP contribution in [0.5, 0.6) is 0 Å². The topological polar surface area (TPSA) is 92.4 Å². The van der Waals surface area contributed by atoms with Crippen LogP contribution in [0.4, 0.5) is 5.69 Å². The van der Waals surface area contributed by atoms with Crippen molar-refractivity contribution >= 4 is 22.4 Å². The number of rotatable bonds is 5. The average molecular weight is 577 g/mol. The number of nitrogens with two attached hydrogens (primary N) is 1. The molecular formula is C36H44N6O. The number of hydrogen-bond donors (Lipinski definition) is 2. The minimum Gasteiger partial charge on any atom is -0.369 e. The number of H-pyrrole nitrogens is 1. The second kappa shape index (κ2) is 9.66. The lowest BCUT2D eigenvalue weighted by atomic mass is 9.70. The number of hydrogen-bond acceptors (Lipinski definition) is 6. The highest BCUT2D eigenvalue weighted by atomic mass is 16.1. The monoisotopic (exact) mass is 576 g/mol. The van der Waals surface area contributed by atoms with Crippen LogP contribution in [0.15, 0.2) is 30.3 Å². The number of nitrogens with zero attached hydrogens (tertiary/aromatic N) is 4. The molecule has 3 aromatic rings. The molecule has 0 amide bonds. The molecule has 3 N–H and O–H groups in total. The molecule has 224 valence electrons. The third kappa shape index (κ3) is 4.21. The molecule has 43 heavy (non-hydrogen) atoms. The van der Waals surface area contributed by atoms with Gasteiger partial charge in [-0.15, -0.1) is 0 Å². The third-order valence-electron chi connectivity index (χ3n) is 11.9. The number of carbonyl (C=O) groups is 1. The largest absolute Gasteiger partial charge is 0.369 e. The van der Waals surface area contributed by atoms with Crippen LogP contribution >= 0.6 is 0 Å². The van der Waals surface area contributed by atoms with Crippen molar-refractivity contribution in [1.82, 2.24) is 14.8 Å². The fourth-order valence-electron chi connectivity index (χ4n) is 8.84. The molecule has 4 fully saturated rings. The number of likely N-dealkylation sites (tertiary alicyclic amines) is 1.